The third-order valence-corrected chi connectivity index (χ3v) is 4.61. The lowest BCUT2D eigenvalue weighted by Crippen LogP contribution is -2.35. The lowest BCUT2D eigenvalue weighted by Gasteiger charge is -2.25. The standard InChI is InChI=1S/C20H20FN3O2/c1-13-4-9-18-17(10-13)20(26)24(12-22-18)11-19(25)23(3)14(2)15-5-7-16(21)8-6-15/h4-10,12,14H,11H2,1-3H3/t14-/m0/s1. The van der Waals surface area contributed by atoms with Crippen LogP contribution in [-0.2, 0) is 11.3 Å². The van der Waals surface area contributed by atoms with Gasteiger partial charge in [0, 0.05) is 7.05 Å². The largest absolute Gasteiger partial charge is 0.337 e. The van der Waals surface area contributed by atoms with E-state index in [0.29, 0.717) is 10.9 Å². The lowest BCUT2D eigenvalue weighted by atomic mass is 10.1. The fourth-order valence-electron chi connectivity index (χ4n) is 2.82. The zero-order chi connectivity index (χ0) is 18.8. The molecule has 0 N–H and O–H groups in total. The first-order valence-electron chi connectivity index (χ1n) is 8.34. The molecular formula is C20H20FN3O2. The van der Waals surface area contributed by atoms with E-state index >= 15 is 0 Å². The first-order valence-corrected chi connectivity index (χ1v) is 8.34. The van der Waals surface area contributed by atoms with Crippen LogP contribution in [0.5, 0.6) is 0 Å². The predicted molar refractivity (Wildman–Crippen MR) is 98.3 cm³/mol. The van der Waals surface area contributed by atoms with Gasteiger partial charge in [0.05, 0.1) is 23.3 Å². The maximum absolute atomic E-state index is 13.1. The Hall–Kier alpha value is -3.02. The Balaban J connectivity index is 1.83. The van der Waals surface area contributed by atoms with E-state index in [-0.39, 0.29) is 29.9 Å². The van der Waals surface area contributed by atoms with Crippen LogP contribution in [0.15, 0.2) is 53.6 Å². The minimum atomic E-state index is -0.320. The third kappa shape index (κ3) is 3.49. The molecule has 0 aliphatic heterocycles. The van der Waals surface area contributed by atoms with Gasteiger partial charge in [-0.05, 0) is 43.7 Å². The Bertz CT molecular complexity index is 1010. The van der Waals surface area contributed by atoms with Crippen molar-refractivity contribution in [3.8, 4) is 0 Å². The molecule has 0 unspecified atom stereocenters. The van der Waals surface area contributed by atoms with Crippen LogP contribution in [0.1, 0.15) is 24.1 Å². The molecule has 0 radical (unpaired) electrons. The minimum absolute atomic E-state index is 0.0995. The highest BCUT2D eigenvalue weighted by atomic mass is 19.1. The Morgan fingerprint density at radius 1 is 1.23 bits per heavy atom. The molecule has 0 bridgehead atoms. The van der Waals surface area contributed by atoms with Crippen molar-refractivity contribution in [3.63, 3.8) is 0 Å². The van der Waals surface area contributed by atoms with Crippen molar-refractivity contribution >= 4 is 16.8 Å². The summed E-state index contributed by atoms with van der Waals surface area (Å²) in [4.78, 5) is 31.0. The van der Waals surface area contributed by atoms with E-state index in [1.807, 2.05) is 19.9 Å². The summed E-state index contributed by atoms with van der Waals surface area (Å²) in [5.41, 5.74) is 2.15. The van der Waals surface area contributed by atoms with Crippen LogP contribution in [0.25, 0.3) is 10.9 Å². The maximum Gasteiger partial charge on any atom is 0.261 e. The molecule has 1 amide bonds. The first kappa shape index (κ1) is 17.8. The average Bonchev–Trinajstić information content (AvgIpc) is 2.63. The monoisotopic (exact) mass is 353 g/mol. The summed E-state index contributed by atoms with van der Waals surface area (Å²) in [7, 11) is 1.67. The molecule has 26 heavy (non-hydrogen) atoms. The van der Waals surface area contributed by atoms with Crippen molar-refractivity contribution in [1.29, 1.82) is 0 Å². The lowest BCUT2D eigenvalue weighted by molar-refractivity contribution is -0.132. The molecule has 0 aliphatic rings. The quantitative estimate of drug-likeness (QED) is 0.724. The highest BCUT2D eigenvalue weighted by molar-refractivity contribution is 5.79. The Morgan fingerprint density at radius 3 is 2.62 bits per heavy atom. The number of fused-ring (bicyclic) bond motifs is 1. The normalized spacial score (nSPS) is 12.2. The topological polar surface area (TPSA) is 55.2 Å². The van der Waals surface area contributed by atoms with Crippen LogP contribution >= 0.6 is 0 Å². The van der Waals surface area contributed by atoms with Crippen LogP contribution in [-0.4, -0.2) is 27.4 Å². The van der Waals surface area contributed by atoms with Gasteiger partial charge in [-0.25, -0.2) is 9.37 Å². The summed E-state index contributed by atoms with van der Waals surface area (Å²) in [6.45, 7) is 3.66. The van der Waals surface area contributed by atoms with Crippen LogP contribution < -0.4 is 5.56 Å². The number of carbonyl (C=O) groups is 1. The number of aryl methyl sites for hydroxylation is 1. The van der Waals surface area contributed by atoms with Crippen LogP contribution in [0.3, 0.4) is 0 Å². The number of nitrogens with zero attached hydrogens (tertiary/aromatic N) is 3. The van der Waals surface area contributed by atoms with E-state index in [1.165, 1.54) is 23.0 Å². The molecule has 6 heteroatoms. The van der Waals surface area contributed by atoms with Crippen LogP contribution in [0.4, 0.5) is 4.39 Å². The van der Waals surface area contributed by atoms with E-state index in [1.54, 1.807) is 36.2 Å². The molecule has 2 aromatic carbocycles. The number of carbonyl (C=O) groups excluding carboxylic acids is 1. The Labute approximate surface area is 150 Å². The summed E-state index contributed by atoms with van der Waals surface area (Å²) < 4.78 is 14.4. The van der Waals surface area contributed by atoms with E-state index < -0.39 is 0 Å². The van der Waals surface area contributed by atoms with Gasteiger partial charge in [0.2, 0.25) is 5.91 Å². The molecule has 0 aliphatic carbocycles. The number of rotatable bonds is 4. The second-order valence-electron chi connectivity index (χ2n) is 6.43. The van der Waals surface area contributed by atoms with Gasteiger partial charge in [-0.3, -0.25) is 14.2 Å². The van der Waals surface area contributed by atoms with Crippen molar-refractivity contribution in [2.45, 2.75) is 26.4 Å². The van der Waals surface area contributed by atoms with Gasteiger partial charge in [0.15, 0.2) is 0 Å². The smallest absolute Gasteiger partial charge is 0.261 e. The van der Waals surface area contributed by atoms with E-state index in [9.17, 15) is 14.0 Å². The molecule has 5 nitrogen and oxygen atoms in total. The van der Waals surface area contributed by atoms with Gasteiger partial charge in [0.25, 0.3) is 5.56 Å². The van der Waals surface area contributed by atoms with Crippen molar-refractivity contribution in [3.05, 3.63) is 76.1 Å². The highest BCUT2D eigenvalue weighted by Crippen LogP contribution is 2.19. The molecule has 0 saturated carbocycles. The highest BCUT2D eigenvalue weighted by Gasteiger charge is 2.18. The second kappa shape index (κ2) is 7.07. The van der Waals surface area contributed by atoms with Gasteiger partial charge in [-0.2, -0.15) is 0 Å². The molecular weight excluding hydrogens is 333 g/mol. The Morgan fingerprint density at radius 2 is 1.92 bits per heavy atom. The average molecular weight is 353 g/mol. The Kier molecular flexibility index (Phi) is 4.84. The van der Waals surface area contributed by atoms with Gasteiger partial charge in [-0.15, -0.1) is 0 Å². The predicted octanol–water partition coefficient (Wildman–Crippen LogP) is 3.06. The van der Waals surface area contributed by atoms with E-state index in [4.69, 9.17) is 0 Å². The van der Waals surface area contributed by atoms with Gasteiger partial charge < -0.3 is 4.90 Å². The zero-order valence-electron chi connectivity index (χ0n) is 14.9. The molecule has 0 spiro atoms. The number of halogens is 1. The van der Waals surface area contributed by atoms with Gasteiger partial charge >= 0.3 is 0 Å². The summed E-state index contributed by atoms with van der Waals surface area (Å²) in [5, 5.41) is 0.495. The van der Waals surface area contributed by atoms with Gasteiger partial charge in [-0.1, -0.05) is 23.8 Å². The number of benzene rings is 2. The van der Waals surface area contributed by atoms with Gasteiger partial charge in [0.1, 0.15) is 12.4 Å². The summed E-state index contributed by atoms with van der Waals surface area (Å²) in [5.74, 6) is -0.545. The fourth-order valence-corrected chi connectivity index (χ4v) is 2.82. The van der Waals surface area contributed by atoms with Crippen molar-refractivity contribution in [2.24, 2.45) is 0 Å². The van der Waals surface area contributed by atoms with E-state index in [0.717, 1.165) is 11.1 Å². The molecule has 3 aromatic rings. The van der Waals surface area contributed by atoms with Crippen molar-refractivity contribution in [1.82, 2.24) is 14.5 Å². The number of likely N-dealkylation sites (N-methyl/N-ethyl adjacent to an activating group) is 1. The maximum atomic E-state index is 13.1. The minimum Gasteiger partial charge on any atom is -0.337 e. The summed E-state index contributed by atoms with van der Waals surface area (Å²) in [6.07, 6.45) is 1.40. The SMILES string of the molecule is Cc1ccc2ncn(CC(=O)N(C)[C@@H](C)c3ccc(F)cc3)c(=O)c2c1. The molecule has 3 rings (SSSR count). The molecule has 1 atom stereocenters. The second-order valence-corrected chi connectivity index (χ2v) is 6.43. The summed E-state index contributed by atoms with van der Waals surface area (Å²) in [6, 6.07) is 11.2. The molecule has 134 valence electrons. The summed E-state index contributed by atoms with van der Waals surface area (Å²) >= 11 is 0. The number of aromatic nitrogens is 2. The zero-order valence-corrected chi connectivity index (χ0v) is 14.9. The molecule has 0 saturated heterocycles. The van der Waals surface area contributed by atoms with Crippen LogP contribution in [0, 0.1) is 12.7 Å². The first-order chi connectivity index (χ1) is 12.4. The molecule has 1 aromatic heterocycles. The van der Waals surface area contributed by atoms with Crippen LogP contribution in [0.2, 0.25) is 0 Å². The fraction of sp³-hybridized carbons (Fsp3) is 0.250. The third-order valence-electron chi connectivity index (χ3n) is 4.61. The molecule has 1 heterocycles. The van der Waals surface area contributed by atoms with Crippen molar-refractivity contribution < 1.29 is 9.18 Å². The van der Waals surface area contributed by atoms with E-state index in [2.05, 4.69) is 4.98 Å². The number of hydrogen-bond donors (Lipinski definition) is 0. The number of amides is 1. The molecule has 0 fully saturated rings. The van der Waals surface area contributed by atoms with Crippen molar-refractivity contribution in [2.75, 3.05) is 7.05 Å². The number of hydrogen-bond acceptors (Lipinski definition) is 3.